The highest BCUT2D eigenvalue weighted by Gasteiger charge is 2.45. The molecule has 0 bridgehead atoms. The van der Waals surface area contributed by atoms with Crippen molar-refractivity contribution in [3.63, 3.8) is 0 Å². The van der Waals surface area contributed by atoms with Crippen LogP contribution in [0.5, 0.6) is 0 Å². The molecule has 1 fully saturated rings. The first-order valence-corrected chi connectivity index (χ1v) is 10.3. The highest BCUT2D eigenvalue weighted by molar-refractivity contribution is 9.10. The zero-order valence-electron chi connectivity index (χ0n) is 16.1. The van der Waals surface area contributed by atoms with Crippen LogP contribution in [0.15, 0.2) is 22.7 Å². The van der Waals surface area contributed by atoms with E-state index in [1.807, 2.05) is 32.9 Å². The minimum Gasteiger partial charge on any atom is -0.466 e. The lowest BCUT2D eigenvalue weighted by Crippen LogP contribution is -2.19. The maximum Gasteiger partial charge on any atom is 0.310 e. The molecule has 6 heteroatoms. The second-order valence-electron chi connectivity index (χ2n) is 7.25. The lowest BCUT2D eigenvalue weighted by molar-refractivity contribution is -0.145. The second-order valence-corrected chi connectivity index (χ2v) is 8.10. The lowest BCUT2D eigenvalue weighted by atomic mass is 10.0. The molecule has 1 aliphatic carbocycles. The van der Waals surface area contributed by atoms with Gasteiger partial charge in [-0.25, -0.2) is 0 Å². The quantitative estimate of drug-likeness (QED) is 0.570. The number of fused-ring (bicyclic) bond motifs is 1. The van der Waals surface area contributed by atoms with Crippen molar-refractivity contribution in [3.05, 3.63) is 33.9 Å². The van der Waals surface area contributed by atoms with Crippen molar-refractivity contribution in [3.8, 4) is 0 Å². The Morgan fingerprint density at radius 3 is 2.44 bits per heavy atom. The van der Waals surface area contributed by atoms with E-state index in [0.29, 0.717) is 19.6 Å². The van der Waals surface area contributed by atoms with E-state index in [4.69, 9.17) is 9.47 Å². The van der Waals surface area contributed by atoms with E-state index in [-0.39, 0.29) is 23.8 Å². The molecule has 27 heavy (non-hydrogen) atoms. The number of ether oxygens (including phenoxy) is 2. The summed E-state index contributed by atoms with van der Waals surface area (Å²) < 4.78 is 13.5. The molecule has 0 unspecified atom stereocenters. The number of nitrogens with zero attached hydrogens (tertiary/aromatic N) is 1. The summed E-state index contributed by atoms with van der Waals surface area (Å²) >= 11 is 3.64. The van der Waals surface area contributed by atoms with Gasteiger partial charge in [0, 0.05) is 27.6 Å². The van der Waals surface area contributed by atoms with Crippen LogP contribution in [0, 0.1) is 12.3 Å². The second kappa shape index (κ2) is 8.05. The number of esters is 2. The maximum absolute atomic E-state index is 12.1. The van der Waals surface area contributed by atoms with E-state index in [9.17, 15) is 9.59 Å². The van der Waals surface area contributed by atoms with Crippen molar-refractivity contribution in [1.29, 1.82) is 0 Å². The summed E-state index contributed by atoms with van der Waals surface area (Å²) in [6.45, 7) is 7.24. The molecule has 1 aromatic carbocycles. The van der Waals surface area contributed by atoms with E-state index in [1.165, 1.54) is 0 Å². The van der Waals surface area contributed by atoms with E-state index < -0.39 is 0 Å². The summed E-state index contributed by atoms with van der Waals surface area (Å²) in [6.07, 6.45) is 2.73. The third-order valence-corrected chi connectivity index (χ3v) is 5.99. The molecule has 5 nitrogen and oxygen atoms in total. The summed E-state index contributed by atoms with van der Waals surface area (Å²) in [7, 11) is 0. The summed E-state index contributed by atoms with van der Waals surface area (Å²) in [5, 5.41) is 1.05. The smallest absolute Gasteiger partial charge is 0.310 e. The average molecular weight is 436 g/mol. The first-order valence-electron chi connectivity index (χ1n) is 9.48. The Labute approximate surface area is 168 Å². The molecule has 1 aliphatic rings. The van der Waals surface area contributed by atoms with Crippen LogP contribution in [-0.2, 0) is 32.0 Å². The van der Waals surface area contributed by atoms with Gasteiger partial charge in [0.1, 0.15) is 0 Å². The van der Waals surface area contributed by atoms with Crippen molar-refractivity contribution in [2.24, 2.45) is 5.41 Å². The van der Waals surface area contributed by atoms with E-state index >= 15 is 0 Å². The highest BCUT2D eigenvalue weighted by Crippen LogP contribution is 2.51. The number of halogens is 1. The molecule has 146 valence electrons. The summed E-state index contributed by atoms with van der Waals surface area (Å²) in [5.74, 6) is -0.347. The SMILES string of the molecule is CCOC(=O)Cc1c(C)n(CC2(CC(=O)OCC)CC2)c2cccc(Br)c12. The number of hydrogen-bond acceptors (Lipinski definition) is 4. The third-order valence-electron chi connectivity index (χ3n) is 5.33. The fourth-order valence-corrected chi connectivity index (χ4v) is 4.35. The molecule has 2 aromatic rings. The van der Waals surface area contributed by atoms with Gasteiger partial charge in [0.15, 0.2) is 0 Å². The molecule has 0 saturated heterocycles. The van der Waals surface area contributed by atoms with Gasteiger partial charge in [-0.2, -0.15) is 0 Å². The average Bonchev–Trinajstić information content (AvgIpc) is 3.31. The van der Waals surface area contributed by atoms with E-state index in [0.717, 1.165) is 46.0 Å². The van der Waals surface area contributed by atoms with Crippen molar-refractivity contribution < 1.29 is 19.1 Å². The minimum absolute atomic E-state index is 0.0352. The molecule has 3 rings (SSSR count). The lowest BCUT2D eigenvalue weighted by Gasteiger charge is -2.18. The minimum atomic E-state index is -0.219. The van der Waals surface area contributed by atoms with Gasteiger partial charge in [-0.3, -0.25) is 9.59 Å². The van der Waals surface area contributed by atoms with E-state index in [2.05, 4.69) is 26.6 Å². The number of carbonyl (C=O) groups excluding carboxylic acids is 2. The summed E-state index contributed by atoms with van der Waals surface area (Å²) in [5.41, 5.74) is 3.09. The van der Waals surface area contributed by atoms with Crippen LogP contribution < -0.4 is 0 Å². The van der Waals surface area contributed by atoms with Gasteiger partial charge >= 0.3 is 11.9 Å². The normalized spacial score (nSPS) is 15.0. The molecule has 0 N–H and O–H groups in total. The number of hydrogen-bond donors (Lipinski definition) is 0. The Bertz CT molecular complexity index is 867. The van der Waals surface area contributed by atoms with E-state index in [1.54, 1.807) is 0 Å². The van der Waals surface area contributed by atoms with Gasteiger partial charge in [-0.15, -0.1) is 0 Å². The van der Waals surface area contributed by atoms with Crippen molar-refractivity contribution in [2.45, 2.75) is 53.0 Å². The van der Waals surface area contributed by atoms with Crippen LogP contribution in [0.3, 0.4) is 0 Å². The van der Waals surface area contributed by atoms with Gasteiger partial charge in [0.05, 0.1) is 26.1 Å². The molecular formula is C21H26BrNO4. The van der Waals surface area contributed by atoms with Crippen LogP contribution in [0.25, 0.3) is 10.9 Å². The highest BCUT2D eigenvalue weighted by atomic mass is 79.9. The number of rotatable bonds is 8. The molecule has 1 saturated carbocycles. The fraction of sp³-hybridized carbons (Fsp3) is 0.524. The first-order chi connectivity index (χ1) is 12.9. The van der Waals surface area contributed by atoms with Crippen molar-refractivity contribution >= 4 is 38.8 Å². The molecule has 1 aromatic heterocycles. The number of carbonyl (C=O) groups is 2. The number of benzene rings is 1. The predicted octanol–water partition coefficient (Wildman–Crippen LogP) is 4.55. The van der Waals surface area contributed by atoms with Gasteiger partial charge in [-0.05, 0) is 56.7 Å². The molecule has 0 atom stereocenters. The summed E-state index contributed by atoms with van der Waals surface area (Å²) in [6, 6.07) is 6.07. The van der Waals surface area contributed by atoms with Gasteiger partial charge in [0.25, 0.3) is 0 Å². The van der Waals surface area contributed by atoms with Crippen molar-refractivity contribution in [1.82, 2.24) is 4.57 Å². The molecule has 0 spiro atoms. The largest absolute Gasteiger partial charge is 0.466 e. The van der Waals surface area contributed by atoms with Gasteiger partial charge < -0.3 is 14.0 Å². The maximum atomic E-state index is 12.1. The van der Waals surface area contributed by atoms with Crippen LogP contribution in [-0.4, -0.2) is 29.7 Å². The zero-order chi connectivity index (χ0) is 19.6. The van der Waals surface area contributed by atoms with Crippen molar-refractivity contribution in [2.75, 3.05) is 13.2 Å². The Kier molecular flexibility index (Phi) is 5.94. The fourth-order valence-electron chi connectivity index (χ4n) is 3.76. The Balaban J connectivity index is 1.96. The summed E-state index contributed by atoms with van der Waals surface area (Å²) in [4.78, 5) is 24.1. The van der Waals surface area contributed by atoms with Crippen LogP contribution in [0.2, 0.25) is 0 Å². The standard InChI is InChI=1S/C21H26BrNO4/c1-4-26-18(24)11-15-14(3)23(17-8-6-7-16(22)20(15)17)13-21(9-10-21)12-19(25)27-5-2/h6-8H,4-5,9-13H2,1-3H3. The molecule has 1 heterocycles. The van der Waals surface area contributed by atoms with Gasteiger partial charge in [-0.1, -0.05) is 22.0 Å². The van der Waals surface area contributed by atoms with Gasteiger partial charge in [0.2, 0.25) is 0 Å². The Morgan fingerprint density at radius 2 is 1.81 bits per heavy atom. The van der Waals surface area contributed by atoms with Crippen LogP contribution >= 0.6 is 15.9 Å². The third kappa shape index (κ3) is 4.21. The topological polar surface area (TPSA) is 57.5 Å². The monoisotopic (exact) mass is 435 g/mol. The predicted molar refractivity (Wildman–Crippen MR) is 108 cm³/mol. The molecule has 0 radical (unpaired) electrons. The molecule has 0 amide bonds. The first kappa shape index (κ1) is 19.9. The zero-order valence-corrected chi connectivity index (χ0v) is 17.7. The Hall–Kier alpha value is -1.82. The molecule has 0 aliphatic heterocycles. The van der Waals surface area contributed by atoms with Crippen LogP contribution in [0.1, 0.15) is 44.4 Å². The molecular weight excluding hydrogens is 410 g/mol. The Morgan fingerprint density at radius 1 is 1.15 bits per heavy atom. The van der Waals surface area contributed by atoms with Crippen LogP contribution in [0.4, 0.5) is 0 Å². The number of aromatic nitrogens is 1.